The highest BCUT2D eigenvalue weighted by Crippen LogP contribution is 2.17. The summed E-state index contributed by atoms with van der Waals surface area (Å²) >= 11 is 0. The number of halogens is 1. The standard InChI is InChI=1S/C19H15FN4O7/c1-11(17(26)21-14-6-8-15(9-7-14)24(28)29)30-16(25)10-23-19(27)31-18(22-23)12-2-4-13(20)5-3-12/h2-9,11H,10H2,1H3,(H,21,26). The number of non-ortho nitro benzene ring substituents is 1. The Labute approximate surface area is 173 Å². The molecule has 1 unspecified atom stereocenters. The molecule has 1 aromatic heterocycles. The van der Waals surface area contributed by atoms with Crippen LogP contribution in [0.4, 0.5) is 15.8 Å². The number of carbonyl (C=O) groups excluding carboxylic acids is 2. The van der Waals surface area contributed by atoms with Crippen molar-refractivity contribution < 1.29 is 28.1 Å². The van der Waals surface area contributed by atoms with E-state index < -0.39 is 41.0 Å². The summed E-state index contributed by atoms with van der Waals surface area (Å²) in [4.78, 5) is 46.2. The van der Waals surface area contributed by atoms with Crippen LogP contribution in [0.3, 0.4) is 0 Å². The molecule has 1 N–H and O–H groups in total. The smallest absolute Gasteiger partial charge is 0.437 e. The number of hydrogen-bond donors (Lipinski definition) is 1. The largest absolute Gasteiger partial charge is 0.451 e. The number of rotatable bonds is 7. The predicted molar refractivity (Wildman–Crippen MR) is 103 cm³/mol. The first kappa shape index (κ1) is 21.4. The molecule has 1 atom stereocenters. The molecule has 160 valence electrons. The Morgan fingerprint density at radius 3 is 2.48 bits per heavy atom. The van der Waals surface area contributed by atoms with Crippen LogP contribution in [0.25, 0.3) is 11.5 Å². The molecule has 0 saturated carbocycles. The van der Waals surface area contributed by atoms with E-state index in [-0.39, 0.29) is 17.3 Å². The van der Waals surface area contributed by atoms with Gasteiger partial charge in [0.25, 0.3) is 11.6 Å². The van der Waals surface area contributed by atoms with Crippen LogP contribution >= 0.6 is 0 Å². The molecule has 12 heteroatoms. The first-order valence-corrected chi connectivity index (χ1v) is 8.81. The summed E-state index contributed by atoms with van der Waals surface area (Å²) in [7, 11) is 0. The second kappa shape index (κ2) is 8.98. The lowest BCUT2D eigenvalue weighted by atomic mass is 10.2. The van der Waals surface area contributed by atoms with Crippen molar-refractivity contribution in [1.29, 1.82) is 0 Å². The Bertz CT molecular complexity index is 1170. The lowest BCUT2D eigenvalue weighted by Crippen LogP contribution is -2.32. The number of amides is 1. The number of anilines is 1. The van der Waals surface area contributed by atoms with E-state index in [1.54, 1.807) is 0 Å². The molecule has 3 rings (SSSR count). The number of nitrogens with zero attached hydrogens (tertiary/aromatic N) is 3. The topological polar surface area (TPSA) is 147 Å². The van der Waals surface area contributed by atoms with Crippen LogP contribution in [-0.2, 0) is 20.9 Å². The molecule has 0 fully saturated rings. The molecule has 0 saturated heterocycles. The molecule has 0 bridgehead atoms. The molecule has 0 aliphatic rings. The van der Waals surface area contributed by atoms with Crippen molar-refractivity contribution in [2.75, 3.05) is 5.32 Å². The minimum absolute atomic E-state index is 0.109. The first-order valence-electron chi connectivity index (χ1n) is 8.81. The van der Waals surface area contributed by atoms with Gasteiger partial charge in [0, 0.05) is 23.4 Å². The summed E-state index contributed by atoms with van der Waals surface area (Å²) in [6, 6.07) is 10.1. The van der Waals surface area contributed by atoms with E-state index in [2.05, 4.69) is 10.4 Å². The van der Waals surface area contributed by atoms with Gasteiger partial charge in [-0.2, -0.15) is 4.68 Å². The average Bonchev–Trinajstić information content (AvgIpc) is 3.08. The molecule has 0 aliphatic heterocycles. The third-order valence-corrected chi connectivity index (χ3v) is 4.00. The van der Waals surface area contributed by atoms with Gasteiger partial charge in [0.1, 0.15) is 12.4 Å². The molecule has 0 spiro atoms. The predicted octanol–water partition coefficient (Wildman–Crippen LogP) is 2.12. The van der Waals surface area contributed by atoms with Gasteiger partial charge >= 0.3 is 11.7 Å². The van der Waals surface area contributed by atoms with Crippen molar-refractivity contribution in [3.05, 3.63) is 75.0 Å². The number of aromatic nitrogens is 2. The molecule has 0 aliphatic carbocycles. The Hall–Kier alpha value is -4.35. The highest BCUT2D eigenvalue weighted by molar-refractivity contribution is 5.95. The van der Waals surface area contributed by atoms with Gasteiger partial charge in [-0.05, 0) is 43.3 Å². The summed E-state index contributed by atoms with van der Waals surface area (Å²) in [6.45, 7) is 0.701. The molecule has 31 heavy (non-hydrogen) atoms. The van der Waals surface area contributed by atoms with Gasteiger partial charge in [-0.25, -0.2) is 9.18 Å². The minimum Gasteiger partial charge on any atom is -0.451 e. The van der Waals surface area contributed by atoms with E-state index in [0.29, 0.717) is 10.2 Å². The van der Waals surface area contributed by atoms with Crippen molar-refractivity contribution in [3.63, 3.8) is 0 Å². The minimum atomic E-state index is -1.22. The number of hydrogen-bond acceptors (Lipinski definition) is 8. The summed E-state index contributed by atoms with van der Waals surface area (Å²) in [5.41, 5.74) is 0.465. The normalized spacial score (nSPS) is 11.5. The maximum atomic E-state index is 13.0. The Kier molecular flexibility index (Phi) is 6.19. The molecular formula is C19H15FN4O7. The number of nitro benzene ring substituents is 1. The van der Waals surface area contributed by atoms with Crippen LogP contribution in [0.1, 0.15) is 6.92 Å². The van der Waals surface area contributed by atoms with Crippen molar-refractivity contribution in [2.24, 2.45) is 0 Å². The first-order chi connectivity index (χ1) is 14.7. The van der Waals surface area contributed by atoms with Gasteiger partial charge in [-0.1, -0.05) is 0 Å². The summed E-state index contributed by atoms with van der Waals surface area (Å²) < 4.78 is 23.6. The zero-order valence-corrected chi connectivity index (χ0v) is 16.0. The fourth-order valence-corrected chi connectivity index (χ4v) is 2.44. The number of carbonyl (C=O) groups is 2. The molecule has 0 radical (unpaired) electrons. The van der Waals surface area contributed by atoms with E-state index >= 15 is 0 Å². The molecule has 3 aromatic rings. The van der Waals surface area contributed by atoms with E-state index in [0.717, 1.165) is 12.1 Å². The summed E-state index contributed by atoms with van der Waals surface area (Å²) in [5.74, 6) is -3.12. The quantitative estimate of drug-likeness (QED) is 0.341. The number of nitro groups is 1. The second-order valence-corrected chi connectivity index (χ2v) is 6.26. The number of nitrogens with one attached hydrogen (secondary N) is 1. The van der Waals surface area contributed by atoms with E-state index in [1.807, 2.05) is 0 Å². The van der Waals surface area contributed by atoms with Crippen LogP contribution in [0.15, 0.2) is 57.7 Å². The Morgan fingerprint density at radius 1 is 1.23 bits per heavy atom. The Morgan fingerprint density at radius 2 is 1.87 bits per heavy atom. The fraction of sp³-hybridized carbons (Fsp3) is 0.158. The third-order valence-electron chi connectivity index (χ3n) is 4.00. The monoisotopic (exact) mass is 430 g/mol. The van der Waals surface area contributed by atoms with Crippen molar-refractivity contribution >= 4 is 23.3 Å². The van der Waals surface area contributed by atoms with Gasteiger partial charge < -0.3 is 14.5 Å². The lowest BCUT2D eigenvalue weighted by Gasteiger charge is -2.13. The lowest BCUT2D eigenvalue weighted by molar-refractivity contribution is -0.384. The SMILES string of the molecule is CC(OC(=O)Cn1nc(-c2ccc(F)cc2)oc1=O)C(=O)Nc1ccc([N+](=O)[O-])cc1. The van der Waals surface area contributed by atoms with Crippen molar-refractivity contribution in [2.45, 2.75) is 19.6 Å². The van der Waals surface area contributed by atoms with Crippen molar-refractivity contribution in [1.82, 2.24) is 9.78 Å². The van der Waals surface area contributed by atoms with Gasteiger partial charge in [0.2, 0.25) is 5.89 Å². The van der Waals surface area contributed by atoms with Gasteiger partial charge in [-0.15, -0.1) is 5.10 Å². The molecule has 2 aromatic carbocycles. The number of esters is 1. The van der Waals surface area contributed by atoms with E-state index in [4.69, 9.17) is 9.15 Å². The zero-order chi connectivity index (χ0) is 22.5. The Balaban J connectivity index is 1.58. The van der Waals surface area contributed by atoms with Gasteiger partial charge in [0.15, 0.2) is 6.10 Å². The van der Waals surface area contributed by atoms with Gasteiger partial charge in [-0.3, -0.25) is 19.7 Å². The average molecular weight is 430 g/mol. The molecule has 1 amide bonds. The van der Waals surface area contributed by atoms with Crippen molar-refractivity contribution in [3.8, 4) is 11.5 Å². The van der Waals surface area contributed by atoms with Crippen LogP contribution in [0, 0.1) is 15.9 Å². The molecule has 11 nitrogen and oxygen atoms in total. The highest BCUT2D eigenvalue weighted by atomic mass is 19.1. The molecule has 1 heterocycles. The van der Waals surface area contributed by atoms with Crippen LogP contribution in [0.2, 0.25) is 0 Å². The number of ether oxygens (including phenoxy) is 1. The summed E-state index contributed by atoms with van der Waals surface area (Å²) in [6.07, 6.45) is -1.22. The number of benzene rings is 2. The van der Waals surface area contributed by atoms with Crippen LogP contribution in [0.5, 0.6) is 0 Å². The maximum absolute atomic E-state index is 13.0. The zero-order valence-electron chi connectivity index (χ0n) is 16.0. The highest BCUT2D eigenvalue weighted by Gasteiger charge is 2.20. The van der Waals surface area contributed by atoms with Crippen LogP contribution in [-0.4, -0.2) is 32.7 Å². The maximum Gasteiger partial charge on any atom is 0.437 e. The van der Waals surface area contributed by atoms with E-state index in [9.17, 15) is 28.9 Å². The van der Waals surface area contributed by atoms with Gasteiger partial charge in [0.05, 0.1) is 4.92 Å². The third kappa shape index (κ3) is 5.38. The van der Waals surface area contributed by atoms with Crippen LogP contribution < -0.4 is 11.1 Å². The fourth-order valence-electron chi connectivity index (χ4n) is 2.44. The van der Waals surface area contributed by atoms with E-state index in [1.165, 1.54) is 43.3 Å². The molecular weight excluding hydrogens is 415 g/mol. The summed E-state index contributed by atoms with van der Waals surface area (Å²) in [5, 5.41) is 16.9. The second-order valence-electron chi connectivity index (χ2n) is 6.26.